The van der Waals surface area contributed by atoms with Gasteiger partial charge in [-0.05, 0) is 44.1 Å². The largest absolute Gasteiger partial charge is 0.453 e. The zero-order chi connectivity index (χ0) is 13.8. The van der Waals surface area contributed by atoms with Crippen LogP contribution in [0.5, 0.6) is 0 Å². The van der Waals surface area contributed by atoms with Crippen LogP contribution in [-0.4, -0.2) is 16.3 Å². The molecule has 0 aromatic carbocycles. The highest BCUT2D eigenvalue weighted by atomic mass is 35.5. The predicted molar refractivity (Wildman–Crippen MR) is 76.5 cm³/mol. The Morgan fingerprint density at radius 2 is 2.21 bits per heavy atom. The van der Waals surface area contributed by atoms with E-state index in [2.05, 4.69) is 37.3 Å². The molecule has 4 nitrogen and oxygen atoms in total. The summed E-state index contributed by atoms with van der Waals surface area (Å²) in [6, 6.07) is 4.48. The van der Waals surface area contributed by atoms with Crippen LogP contribution in [0.1, 0.15) is 44.1 Å². The SMILES string of the molecule is CCNC(Cc1ccn(C(C)C)n1)c1ccoc1Cl. The summed E-state index contributed by atoms with van der Waals surface area (Å²) >= 11 is 6.06. The van der Waals surface area contributed by atoms with Crippen LogP contribution in [0.2, 0.25) is 5.22 Å². The van der Waals surface area contributed by atoms with Crippen molar-refractivity contribution < 1.29 is 4.42 Å². The van der Waals surface area contributed by atoms with Gasteiger partial charge in [0.2, 0.25) is 0 Å². The monoisotopic (exact) mass is 281 g/mol. The lowest BCUT2D eigenvalue weighted by molar-refractivity contribution is 0.501. The van der Waals surface area contributed by atoms with E-state index in [1.54, 1.807) is 6.26 Å². The van der Waals surface area contributed by atoms with Crippen molar-refractivity contribution in [3.8, 4) is 0 Å². The molecule has 1 unspecified atom stereocenters. The second kappa shape index (κ2) is 6.26. The molecular weight excluding hydrogens is 262 g/mol. The van der Waals surface area contributed by atoms with Gasteiger partial charge in [0.15, 0.2) is 5.22 Å². The van der Waals surface area contributed by atoms with E-state index >= 15 is 0 Å². The van der Waals surface area contributed by atoms with E-state index in [-0.39, 0.29) is 6.04 Å². The van der Waals surface area contributed by atoms with Crippen LogP contribution in [0.25, 0.3) is 0 Å². The van der Waals surface area contributed by atoms with Crippen molar-refractivity contribution in [2.24, 2.45) is 0 Å². The van der Waals surface area contributed by atoms with Crippen molar-refractivity contribution in [2.45, 2.75) is 39.3 Å². The first-order valence-electron chi connectivity index (χ1n) is 6.62. The Hall–Kier alpha value is -1.26. The van der Waals surface area contributed by atoms with E-state index in [0.717, 1.165) is 24.2 Å². The first kappa shape index (κ1) is 14.2. The predicted octanol–water partition coefficient (Wildman–Crippen LogP) is 3.60. The highest BCUT2D eigenvalue weighted by Gasteiger charge is 2.18. The third kappa shape index (κ3) is 3.39. The molecule has 0 bridgehead atoms. The Kier molecular flexibility index (Phi) is 4.66. The van der Waals surface area contributed by atoms with Gasteiger partial charge in [0, 0.05) is 30.3 Å². The molecule has 0 saturated heterocycles. The highest BCUT2D eigenvalue weighted by Crippen LogP contribution is 2.26. The smallest absolute Gasteiger partial charge is 0.197 e. The summed E-state index contributed by atoms with van der Waals surface area (Å²) in [7, 11) is 0. The maximum Gasteiger partial charge on any atom is 0.197 e. The second-order valence-electron chi connectivity index (χ2n) is 4.84. The molecule has 0 aliphatic heterocycles. The number of furan rings is 1. The molecule has 0 fully saturated rings. The van der Waals surface area contributed by atoms with Crippen LogP contribution >= 0.6 is 11.6 Å². The summed E-state index contributed by atoms with van der Waals surface area (Å²) < 4.78 is 7.14. The summed E-state index contributed by atoms with van der Waals surface area (Å²) in [6.45, 7) is 7.18. The maximum atomic E-state index is 6.06. The van der Waals surface area contributed by atoms with Crippen molar-refractivity contribution in [3.63, 3.8) is 0 Å². The second-order valence-corrected chi connectivity index (χ2v) is 5.19. The topological polar surface area (TPSA) is 43.0 Å². The molecule has 2 heterocycles. The summed E-state index contributed by atoms with van der Waals surface area (Å²) in [5.41, 5.74) is 2.04. The molecular formula is C14H20ClN3O. The fourth-order valence-electron chi connectivity index (χ4n) is 2.08. The quantitative estimate of drug-likeness (QED) is 0.880. The van der Waals surface area contributed by atoms with Crippen LogP contribution in [-0.2, 0) is 6.42 Å². The number of rotatable bonds is 6. The number of nitrogens with one attached hydrogen (secondary N) is 1. The summed E-state index contributed by atoms with van der Waals surface area (Å²) in [6.07, 6.45) is 4.43. The standard InChI is InChI=1S/C14H20ClN3O/c1-4-16-13(12-6-8-19-14(12)15)9-11-5-7-18(17-11)10(2)3/h5-8,10,13,16H,4,9H2,1-3H3. The van der Waals surface area contributed by atoms with E-state index in [1.165, 1.54) is 0 Å². The van der Waals surface area contributed by atoms with Gasteiger partial charge in [-0.3, -0.25) is 4.68 Å². The Morgan fingerprint density at radius 1 is 1.42 bits per heavy atom. The summed E-state index contributed by atoms with van der Waals surface area (Å²) in [4.78, 5) is 0. The fraction of sp³-hybridized carbons (Fsp3) is 0.500. The molecule has 1 N–H and O–H groups in total. The molecule has 5 heteroatoms. The zero-order valence-electron chi connectivity index (χ0n) is 11.6. The molecule has 2 aromatic rings. The number of hydrogen-bond acceptors (Lipinski definition) is 3. The Labute approximate surface area is 118 Å². The first-order valence-corrected chi connectivity index (χ1v) is 7.00. The normalized spacial score (nSPS) is 13.1. The molecule has 0 amide bonds. The Balaban J connectivity index is 2.14. The lowest BCUT2D eigenvalue weighted by Gasteiger charge is -2.15. The first-order chi connectivity index (χ1) is 9.11. The van der Waals surface area contributed by atoms with Gasteiger partial charge in [-0.25, -0.2) is 0 Å². The van der Waals surface area contributed by atoms with Crippen molar-refractivity contribution in [1.82, 2.24) is 15.1 Å². The molecule has 1 atom stereocenters. The van der Waals surface area contributed by atoms with Crippen molar-refractivity contribution in [3.05, 3.63) is 41.1 Å². The van der Waals surface area contributed by atoms with Gasteiger partial charge in [-0.2, -0.15) is 5.10 Å². The molecule has 0 aliphatic carbocycles. The molecule has 2 aromatic heterocycles. The van der Waals surface area contributed by atoms with Crippen LogP contribution in [0, 0.1) is 0 Å². The van der Waals surface area contributed by atoms with Gasteiger partial charge in [-0.1, -0.05) is 6.92 Å². The van der Waals surface area contributed by atoms with E-state index in [1.807, 2.05) is 16.9 Å². The van der Waals surface area contributed by atoms with Crippen LogP contribution in [0.4, 0.5) is 0 Å². The maximum absolute atomic E-state index is 6.06. The van der Waals surface area contributed by atoms with Gasteiger partial charge in [0.05, 0.1) is 12.0 Å². The minimum absolute atomic E-state index is 0.131. The molecule has 104 valence electrons. The Bertz CT molecular complexity index is 518. The molecule has 0 radical (unpaired) electrons. The fourth-order valence-corrected chi connectivity index (χ4v) is 2.32. The van der Waals surface area contributed by atoms with Gasteiger partial charge in [0.1, 0.15) is 0 Å². The average molecular weight is 282 g/mol. The number of aromatic nitrogens is 2. The van der Waals surface area contributed by atoms with Gasteiger partial charge >= 0.3 is 0 Å². The summed E-state index contributed by atoms with van der Waals surface area (Å²) in [5.74, 6) is 0. The minimum Gasteiger partial charge on any atom is -0.453 e. The molecule has 19 heavy (non-hydrogen) atoms. The number of likely N-dealkylation sites (N-methyl/N-ethyl adjacent to an activating group) is 1. The lowest BCUT2D eigenvalue weighted by Crippen LogP contribution is -2.23. The molecule has 0 spiro atoms. The van der Waals surface area contributed by atoms with E-state index in [4.69, 9.17) is 16.0 Å². The van der Waals surface area contributed by atoms with E-state index in [0.29, 0.717) is 11.3 Å². The number of hydrogen-bond donors (Lipinski definition) is 1. The van der Waals surface area contributed by atoms with Crippen LogP contribution in [0.15, 0.2) is 29.0 Å². The summed E-state index contributed by atoms with van der Waals surface area (Å²) in [5, 5.41) is 8.45. The lowest BCUT2D eigenvalue weighted by atomic mass is 10.1. The van der Waals surface area contributed by atoms with Crippen LogP contribution < -0.4 is 5.32 Å². The number of halogens is 1. The molecule has 0 aliphatic rings. The number of nitrogens with zero attached hydrogens (tertiary/aromatic N) is 2. The molecule has 2 rings (SSSR count). The zero-order valence-corrected chi connectivity index (χ0v) is 12.3. The molecule has 0 saturated carbocycles. The van der Waals surface area contributed by atoms with E-state index in [9.17, 15) is 0 Å². The minimum atomic E-state index is 0.131. The van der Waals surface area contributed by atoms with Crippen molar-refractivity contribution >= 4 is 11.6 Å². The van der Waals surface area contributed by atoms with Crippen molar-refractivity contribution in [2.75, 3.05) is 6.54 Å². The Morgan fingerprint density at radius 3 is 2.74 bits per heavy atom. The third-order valence-corrected chi connectivity index (χ3v) is 3.39. The van der Waals surface area contributed by atoms with E-state index < -0.39 is 0 Å². The average Bonchev–Trinajstić information content (AvgIpc) is 2.97. The van der Waals surface area contributed by atoms with Crippen LogP contribution in [0.3, 0.4) is 0 Å². The van der Waals surface area contributed by atoms with Gasteiger partial charge in [0.25, 0.3) is 0 Å². The highest BCUT2D eigenvalue weighted by molar-refractivity contribution is 6.29. The van der Waals surface area contributed by atoms with Crippen molar-refractivity contribution in [1.29, 1.82) is 0 Å². The van der Waals surface area contributed by atoms with Gasteiger partial charge in [-0.15, -0.1) is 0 Å². The third-order valence-electron chi connectivity index (χ3n) is 3.08. The van der Waals surface area contributed by atoms with Gasteiger partial charge < -0.3 is 9.73 Å².